The highest BCUT2D eigenvalue weighted by Gasteiger charge is 2.30. The average Bonchev–Trinajstić information content (AvgIpc) is 3.26. The maximum Gasteiger partial charge on any atom is 0.343 e. The van der Waals surface area contributed by atoms with E-state index in [2.05, 4.69) is 22.8 Å². The van der Waals surface area contributed by atoms with Crippen molar-refractivity contribution in [1.82, 2.24) is 5.43 Å². The van der Waals surface area contributed by atoms with E-state index in [-0.39, 0.29) is 17.4 Å². The number of nitrogens with one attached hydrogen (secondary N) is 2. The minimum absolute atomic E-state index is 0.193. The molecule has 4 rings (SSSR count). The number of rotatable bonds is 7. The molecule has 1 aliphatic rings. The molecule has 1 heterocycles. The van der Waals surface area contributed by atoms with Crippen LogP contribution in [-0.4, -0.2) is 36.6 Å². The summed E-state index contributed by atoms with van der Waals surface area (Å²) in [5, 5.41) is 7.16. The molecule has 1 aromatic heterocycles. The Balaban J connectivity index is 1.42. The lowest BCUT2D eigenvalue weighted by molar-refractivity contribution is -0.136. The molecule has 0 spiro atoms. The molecule has 0 bridgehead atoms. The van der Waals surface area contributed by atoms with Gasteiger partial charge in [-0.05, 0) is 74.1 Å². The van der Waals surface area contributed by atoms with Crippen LogP contribution in [0.4, 0.5) is 5.00 Å². The van der Waals surface area contributed by atoms with Crippen molar-refractivity contribution >= 4 is 57.9 Å². The van der Waals surface area contributed by atoms with E-state index in [1.165, 1.54) is 29.7 Å². The van der Waals surface area contributed by atoms with Crippen LogP contribution in [0.1, 0.15) is 57.0 Å². The number of amides is 2. The molecule has 9 nitrogen and oxygen atoms in total. The molecular weight excluding hydrogens is 542 g/mol. The lowest BCUT2D eigenvalue weighted by Crippen LogP contribution is -2.32. The number of carbonyl (C=O) groups excluding carboxylic acids is 4. The predicted octanol–water partition coefficient (Wildman–Crippen LogP) is 5.01. The van der Waals surface area contributed by atoms with Crippen molar-refractivity contribution in [1.29, 1.82) is 0 Å². The monoisotopic (exact) mass is 567 g/mol. The van der Waals surface area contributed by atoms with Crippen LogP contribution >= 0.6 is 22.9 Å². The molecule has 1 aliphatic carbocycles. The van der Waals surface area contributed by atoms with E-state index in [0.29, 0.717) is 34.1 Å². The Morgan fingerprint density at radius 3 is 2.56 bits per heavy atom. The van der Waals surface area contributed by atoms with Crippen LogP contribution in [0.15, 0.2) is 53.6 Å². The Labute approximate surface area is 234 Å². The average molecular weight is 568 g/mol. The molecule has 2 N–H and O–H groups in total. The molecule has 0 fully saturated rings. The van der Waals surface area contributed by atoms with Crippen molar-refractivity contribution < 1.29 is 28.7 Å². The van der Waals surface area contributed by atoms with Crippen molar-refractivity contribution in [2.45, 2.75) is 33.1 Å². The molecular formula is C28H26ClN3O6S. The van der Waals surface area contributed by atoms with Crippen LogP contribution in [0, 0.1) is 5.92 Å². The first kappa shape index (κ1) is 28.0. The molecule has 11 heteroatoms. The minimum Gasteiger partial charge on any atom is -0.462 e. The fourth-order valence-corrected chi connectivity index (χ4v) is 5.57. The Hall–Kier alpha value is -4.02. The fourth-order valence-electron chi connectivity index (χ4n) is 4.05. The second-order valence-electron chi connectivity index (χ2n) is 8.86. The summed E-state index contributed by atoms with van der Waals surface area (Å²) in [6, 6.07) is 12.8. The van der Waals surface area contributed by atoms with E-state index >= 15 is 0 Å². The predicted molar refractivity (Wildman–Crippen MR) is 149 cm³/mol. The molecule has 0 radical (unpaired) electrons. The van der Waals surface area contributed by atoms with E-state index in [4.69, 9.17) is 21.1 Å². The number of hydrogen-bond acceptors (Lipinski definition) is 8. The van der Waals surface area contributed by atoms with Crippen molar-refractivity contribution in [3.63, 3.8) is 0 Å². The summed E-state index contributed by atoms with van der Waals surface area (Å²) in [6.07, 6.45) is 3.68. The Bertz CT molecular complexity index is 1430. The number of halogens is 1. The van der Waals surface area contributed by atoms with Crippen molar-refractivity contribution in [3.8, 4) is 5.75 Å². The SMILES string of the molecule is CCOC(=O)c1c(NC(=O)C(=O)N/N=C/c2ccccc2OC(=O)c2ccc(Cl)cc2)sc2c1CCC(C)C2. The summed E-state index contributed by atoms with van der Waals surface area (Å²) >= 11 is 7.15. The van der Waals surface area contributed by atoms with Crippen molar-refractivity contribution in [2.24, 2.45) is 11.0 Å². The van der Waals surface area contributed by atoms with Gasteiger partial charge in [-0.1, -0.05) is 30.7 Å². The van der Waals surface area contributed by atoms with Crippen LogP contribution in [0.25, 0.3) is 0 Å². The third kappa shape index (κ3) is 6.90. The summed E-state index contributed by atoms with van der Waals surface area (Å²) < 4.78 is 10.6. The van der Waals surface area contributed by atoms with Gasteiger partial charge in [0.2, 0.25) is 0 Å². The molecule has 2 aromatic carbocycles. The number of benzene rings is 2. The molecule has 1 atom stereocenters. The standard InChI is InChI=1S/C28H26ClN3O6S/c1-3-37-28(36)23-20-13-8-16(2)14-22(20)39-26(23)31-24(33)25(34)32-30-15-18-6-4-5-7-21(18)38-27(35)17-9-11-19(29)12-10-17/h4-7,9-12,15-16H,3,8,13-14H2,1-2H3,(H,31,33)(H,32,34)/b30-15+. The first-order valence-electron chi connectivity index (χ1n) is 12.3. The van der Waals surface area contributed by atoms with Crippen LogP contribution < -0.4 is 15.5 Å². The van der Waals surface area contributed by atoms with Crippen LogP contribution in [0.5, 0.6) is 5.75 Å². The summed E-state index contributed by atoms with van der Waals surface area (Å²) in [5.41, 5.74) is 4.05. The number of thiophene rings is 1. The molecule has 39 heavy (non-hydrogen) atoms. The number of esters is 2. The lowest BCUT2D eigenvalue weighted by Gasteiger charge is -2.18. The number of anilines is 1. The summed E-state index contributed by atoms with van der Waals surface area (Å²) in [7, 11) is 0. The van der Waals surface area contributed by atoms with Gasteiger partial charge in [-0.25, -0.2) is 15.0 Å². The lowest BCUT2D eigenvalue weighted by atomic mass is 9.88. The smallest absolute Gasteiger partial charge is 0.343 e. The van der Waals surface area contributed by atoms with Gasteiger partial charge in [0.15, 0.2) is 0 Å². The van der Waals surface area contributed by atoms with E-state index in [1.54, 1.807) is 43.3 Å². The van der Waals surface area contributed by atoms with Crippen LogP contribution in [0.3, 0.4) is 0 Å². The largest absolute Gasteiger partial charge is 0.462 e. The Morgan fingerprint density at radius 1 is 1.08 bits per heavy atom. The quantitative estimate of drug-likeness (QED) is 0.136. The van der Waals surface area contributed by atoms with E-state index < -0.39 is 23.8 Å². The Morgan fingerprint density at radius 2 is 1.82 bits per heavy atom. The molecule has 0 saturated heterocycles. The number of hydrogen-bond donors (Lipinski definition) is 2. The highest BCUT2D eigenvalue weighted by atomic mass is 35.5. The zero-order valence-electron chi connectivity index (χ0n) is 21.3. The number of hydrazone groups is 1. The van der Waals surface area contributed by atoms with Gasteiger partial charge in [0.1, 0.15) is 10.8 Å². The van der Waals surface area contributed by atoms with Gasteiger partial charge in [-0.15, -0.1) is 11.3 Å². The van der Waals surface area contributed by atoms with Gasteiger partial charge in [0.25, 0.3) is 0 Å². The fraction of sp³-hybridized carbons (Fsp3) is 0.250. The van der Waals surface area contributed by atoms with Crippen molar-refractivity contribution in [3.05, 3.63) is 80.7 Å². The second-order valence-corrected chi connectivity index (χ2v) is 10.4. The first-order chi connectivity index (χ1) is 18.8. The zero-order valence-corrected chi connectivity index (χ0v) is 22.9. The summed E-state index contributed by atoms with van der Waals surface area (Å²) in [6.45, 7) is 4.03. The van der Waals surface area contributed by atoms with Gasteiger partial charge in [-0.2, -0.15) is 5.10 Å². The zero-order chi connectivity index (χ0) is 27.9. The third-order valence-electron chi connectivity index (χ3n) is 6.00. The first-order valence-corrected chi connectivity index (χ1v) is 13.5. The maximum atomic E-state index is 12.6. The number of ether oxygens (including phenoxy) is 2. The minimum atomic E-state index is -1.03. The number of fused-ring (bicyclic) bond motifs is 1. The van der Waals surface area contributed by atoms with Gasteiger partial charge < -0.3 is 14.8 Å². The van der Waals surface area contributed by atoms with Gasteiger partial charge >= 0.3 is 23.8 Å². The highest BCUT2D eigenvalue weighted by Crippen LogP contribution is 2.40. The van der Waals surface area contributed by atoms with Crippen molar-refractivity contribution in [2.75, 3.05) is 11.9 Å². The second kappa shape index (κ2) is 12.7. The van der Waals surface area contributed by atoms with Gasteiger partial charge in [0, 0.05) is 15.5 Å². The molecule has 2 amide bonds. The molecule has 0 saturated carbocycles. The molecule has 3 aromatic rings. The number of para-hydroxylation sites is 1. The van der Waals surface area contributed by atoms with Gasteiger partial charge in [-0.3, -0.25) is 9.59 Å². The van der Waals surface area contributed by atoms with E-state index in [1.807, 2.05) is 0 Å². The summed E-state index contributed by atoms with van der Waals surface area (Å²) in [5.74, 6) is -2.47. The normalized spacial score (nSPS) is 14.4. The highest BCUT2D eigenvalue weighted by molar-refractivity contribution is 7.17. The van der Waals surface area contributed by atoms with E-state index in [0.717, 1.165) is 23.3 Å². The summed E-state index contributed by atoms with van der Waals surface area (Å²) in [4.78, 5) is 51.2. The molecule has 202 valence electrons. The Kier molecular flexibility index (Phi) is 9.11. The third-order valence-corrected chi connectivity index (χ3v) is 7.42. The van der Waals surface area contributed by atoms with Crippen LogP contribution in [-0.2, 0) is 27.2 Å². The maximum absolute atomic E-state index is 12.6. The topological polar surface area (TPSA) is 123 Å². The molecule has 0 aliphatic heterocycles. The van der Waals surface area contributed by atoms with Gasteiger partial charge in [0.05, 0.1) is 23.9 Å². The van der Waals surface area contributed by atoms with Crippen LogP contribution in [0.2, 0.25) is 5.02 Å². The van der Waals surface area contributed by atoms with E-state index in [9.17, 15) is 19.2 Å². The molecule has 1 unspecified atom stereocenters. The number of carbonyl (C=O) groups is 4. The number of nitrogens with zero attached hydrogens (tertiary/aromatic N) is 1.